The van der Waals surface area contributed by atoms with Gasteiger partial charge in [0.05, 0.1) is 10.5 Å². The zero-order valence-electron chi connectivity index (χ0n) is 13.7. The van der Waals surface area contributed by atoms with Gasteiger partial charge in [-0.05, 0) is 25.7 Å². The number of rotatable bonds is 7. The molecule has 1 aliphatic carbocycles. The molecular formula is C17H32N2OS. The first-order valence-corrected chi connectivity index (χ1v) is 9.08. The molecule has 0 aromatic rings. The highest BCUT2D eigenvalue weighted by Crippen LogP contribution is 2.28. The van der Waals surface area contributed by atoms with Crippen LogP contribution in [0.15, 0.2) is 0 Å². The first-order valence-electron chi connectivity index (χ1n) is 8.67. The van der Waals surface area contributed by atoms with Crippen LogP contribution in [0.3, 0.4) is 0 Å². The van der Waals surface area contributed by atoms with Crippen LogP contribution in [-0.2, 0) is 4.79 Å². The van der Waals surface area contributed by atoms with E-state index in [0.29, 0.717) is 4.99 Å². The molecule has 0 aromatic carbocycles. The van der Waals surface area contributed by atoms with Crippen molar-refractivity contribution in [2.45, 2.75) is 90.0 Å². The van der Waals surface area contributed by atoms with Gasteiger partial charge in [0.2, 0.25) is 5.91 Å². The number of carbonyl (C=O) groups is 1. The quantitative estimate of drug-likeness (QED) is 0.696. The molecule has 1 aliphatic rings. The third-order valence-electron chi connectivity index (χ3n) is 4.69. The van der Waals surface area contributed by atoms with Crippen molar-refractivity contribution in [2.24, 2.45) is 11.7 Å². The van der Waals surface area contributed by atoms with E-state index >= 15 is 0 Å². The van der Waals surface area contributed by atoms with Crippen molar-refractivity contribution in [3.63, 3.8) is 0 Å². The minimum Gasteiger partial charge on any atom is -0.391 e. The van der Waals surface area contributed by atoms with Crippen molar-refractivity contribution in [3.05, 3.63) is 0 Å². The Balaban J connectivity index is 2.79. The van der Waals surface area contributed by atoms with Crippen molar-refractivity contribution in [1.29, 1.82) is 0 Å². The molecular weight excluding hydrogens is 280 g/mol. The van der Waals surface area contributed by atoms with Gasteiger partial charge >= 0.3 is 0 Å². The van der Waals surface area contributed by atoms with E-state index in [0.717, 1.165) is 51.4 Å². The third-order valence-corrected chi connectivity index (χ3v) is 5.08. The van der Waals surface area contributed by atoms with Crippen molar-refractivity contribution >= 4 is 23.1 Å². The van der Waals surface area contributed by atoms with E-state index in [1.807, 2.05) is 0 Å². The summed E-state index contributed by atoms with van der Waals surface area (Å²) in [6, 6.07) is 0. The topological polar surface area (TPSA) is 55.1 Å². The summed E-state index contributed by atoms with van der Waals surface area (Å²) in [4.78, 5) is 13.1. The van der Waals surface area contributed by atoms with Crippen molar-refractivity contribution in [3.8, 4) is 0 Å². The van der Waals surface area contributed by atoms with Gasteiger partial charge < -0.3 is 11.1 Å². The molecule has 0 atom stereocenters. The predicted molar refractivity (Wildman–Crippen MR) is 93.3 cm³/mol. The fourth-order valence-electron chi connectivity index (χ4n) is 3.38. The van der Waals surface area contributed by atoms with Gasteiger partial charge in [-0.15, -0.1) is 0 Å². The SMILES string of the molecule is CCCC(CCC)C(=O)NC1(C(N)=S)CCCCCCC1. The van der Waals surface area contributed by atoms with Crippen LogP contribution in [0.25, 0.3) is 0 Å². The second-order valence-corrected chi connectivity index (χ2v) is 6.92. The average Bonchev–Trinajstić information content (AvgIpc) is 2.41. The molecule has 0 saturated heterocycles. The number of carbonyl (C=O) groups excluding carboxylic acids is 1. The molecule has 0 spiro atoms. The molecule has 1 amide bonds. The highest BCUT2D eigenvalue weighted by molar-refractivity contribution is 7.80. The van der Waals surface area contributed by atoms with Crippen LogP contribution in [0, 0.1) is 5.92 Å². The maximum Gasteiger partial charge on any atom is 0.223 e. The van der Waals surface area contributed by atoms with Gasteiger partial charge in [-0.25, -0.2) is 0 Å². The summed E-state index contributed by atoms with van der Waals surface area (Å²) < 4.78 is 0. The Hall–Kier alpha value is -0.640. The number of thiocarbonyl (C=S) groups is 1. The van der Waals surface area contributed by atoms with Crippen molar-refractivity contribution < 1.29 is 4.79 Å². The first kappa shape index (κ1) is 18.4. The largest absolute Gasteiger partial charge is 0.391 e. The molecule has 3 nitrogen and oxygen atoms in total. The summed E-state index contributed by atoms with van der Waals surface area (Å²) in [5, 5.41) is 3.26. The van der Waals surface area contributed by atoms with Gasteiger partial charge in [-0.3, -0.25) is 4.79 Å². The summed E-state index contributed by atoms with van der Waals surface area (Å²) in [5.41, 5.74) is 5.60. The molecule has 4 heteroatoms. The minimum absolute atomic E-state index is 0.108. The predicted octanol–water partition coefficient (Wildman–Crippen LogP) is 4.09. The summed E-state index contributed by atoms with van der Waals surface area (Å²) in [5.74, 6) is 0.267. The monoisotopic (exact) mass is 312 g/mol. The zero-order valence-corrected chi connectivity index (χ0v) is 14.6. The molecule has 0 unspecified atom stereocenters. The normalized spacial score (nSPS) is 18.8. The molecule has 0 radical (unpaired) electrons. The number of hydrogen-bond acceptors (Lipinski definition) is 2. The molecule has 0 heterocycles. The highest BCUT2D eigenvalue weighted by atomic mass is 32.1. The molecule has 1 saturated carbocycles. The van der Waals surface area contributed by atoms with E-state index in [9.17, 15) is 4.79 Å². The lowest BCUT2D eigenvalue weighted by Gasteiger charge is -2.36. The Bertz CT molecular complexity index is 330. The van der Waals surface area contributed by atoms with Crippen LogP contribution in [-0.4, -0.2) is 16.4 Å². The second-order valence-electron chi connectivity index (χ2n) is 6.48. The van der Waals surface area contributed by atoms with Crippen LogP contribution < -0.4 is 11.1 Å². The van der Waals surface area contributed by atoms with Gasteiger partial charge in [0.1, 0.15) is 0 Å². The van der Waals surface area contributed by atoms with Crippen molar-refractivity contribution in [2.75, 3.05) is 0 Å². The van der Waals surface area contributed by atoms with E-state index in [1.54, 1.807) is 0 Å². The molecule has 122 valence electrons. The van der Waals surface area contributed by atoms with E-state index < -0.39 is 5.54 Å². The average molecular weight is 313 g/mol. The Morgan fingerprint density at radius 3 is 2.00 bits per heavy atom. The maximum atomic E-state index is 12.7. The molecule has 1 rings (SSSR count). The fraction of sp³-hybridized carbons (Fsp3) is 0.882. The van der Waals surface area contributed by atoms with Gasteiger partial charge in [0.15, 0.2) is 0 Å². The lowest BCUT2D eigenvalue weighted by molar-refractivity contribution is -0.127. The second kappa shape index (κ2) is 9.39. The summed E-state index contributed by atoms with van der Waals surface area (Å²) in [6.45, 7) is 4.27. The molecule has 1 fully saturated rings. The lowest BCUT2D eigenvalue weighted by atomic mass is 9.83. The Labute approximate surface area is 135 Å². The first-order chi connectivity index (χ1) is 10.1. The van der Waals surface area contributed by atoms with Gasteiger partial charge in [0, 0.05) is 5.92 Å². The smallest absolute Gasteiger partial charge is 0.223 e. The van der Waals surface area contributed by atoms with Crippen LogP contribution in [0.2, 0.25) is 0 Å². The molecule has 0 aliphatic heterocycles. The summed E-state index contributed by atoms with van der Waals surface area (Å²) in [6.07, 6.45) is 11.7. The van der Waals surface area contributed by atoms with E-state index in [2.05, 4.69) is 19.2 Å². The van der Waals surface area contributed by atoms with Crippen LogP contribution in [0.1, 0.15) is 84.5 Å². The highest BCUT2D eigenvalue weighted by Gasteiger charge is 2.36. The Morgan fingerprint density at radius 1 is 1.10 bits per heavy atom. The molecule has 0 aromatic heterocycles. The third kappa shape index (κ3) is 5.57. The summed E-state index contributed by atoms with van der Waals surface area (Å²) in [7, 11) is 0. The van der Waals surface area contributed by atoms with Gasteiger partial charge in [-0.2, -0.15) is 0 Å². The fourth-order valence-corrected chi connectivity index (χ4v) is 3.64. The molecule has 3 N–H and O–H groups in total. The standard InChI is InChI=1S/C17H32N2OS/c1-3-10-14(11-4-2)15(20)19-17(16(18)21)12-8-6-5-7-9-13-17/h14H,3-13H2,1-2H3,(H2,18,21)(H,19,20). The van der Waals surface area contributed by atoms with Crippen LogP contribution in [0.5, 0.6) is 0 Å². The maximum absolute atomic E-state index is 12.7. The van der Waals surface area contributed by atoms with E-state index in [-0.39, 0.29) is 11.8 Å². The zero-order chi connectivity index (χ0) is 15.7. The number of hydrogen-bond donors (Lipinski definition) is 2. The van der Waals surface area contributed by atoms with E-state index in [1.165, 1.54) is 19.3 Å². The molecule has 0 bridgehead atoms. The number of nitrogens with one attached hydrogen (secondary N) is 1. The Kier molecular flexibility index (Phi) is 8.23. The lowest BCUT2D eigenvalue weighted by Crippen LogP contribution is -2.58. The van der Waals surface area contributed by atoms with Gasteiger partial charge in [-0.1, -0.05) is 71.0 Å². The van der Waals surface area contributed by atoms with Crippen molar-refractivity contribution in [1.82, 2.24) is 5.32 Å². The minimum atomic E-state index is -0.438. The number of nitrogens with two attached hydrogens (primary N) is 1. The van der Waals surface area contributed by atoms with Crippen LogP contribution >= 0.6 is 12.2 Å². The Morgan fingerprint density at radius 2 is 1.57 bits per heavy atom. The summed E-state index contributed by atoms with van der Waals surface area (Å²) >= 11 is 5.33. The van der Waals surface area contributed by atoms with E-state index in [4.69, 9.17) is 18.0 Å². The number of amides is 1. The van der Waals surface area contributed by atoms with Gasteiger partial charge in [0.25, 0.3) is 0 Å². The van der Waals surface area contributed by atoms with Crippen LogP contribution in [0.4, 0.5) is 0 Å². The molecule has 21 heavy (non-hydrogen) atoms.